The topological polar surface area (TPSA) is 69.6 Å². The molecular weight excluding hydrogens is 241 g/mol. The van der Waals surface area contributed by atoms with Crippen molar-refractivity contribution in [3.8, 4) is 0 Å². The number of hydrogen-bond acceptors (Lipinski definition) is 3. The lowest BCUT2D eigenvalue weighted by molar-refractivity contribution is -0.861. The van der Waals surface area contributed by atoms with Crippen LogP contribution in [0.1, 0.15) is 6.92 Å². The van der Waals surface area contributed by atoms with E-state index in [-0.39, 0.29) is 11.6 Å². The first kappa shape index (κ1) is 16.3. The Kier molecular flexibility index (Phi) is 6.57. The van der Waals surface area contributed by atoms with E-state index in [1.807, 2.05) is 21.1 Å². The van der Waals surface area contributed by atoms with Crippen molar-refractivity contribution in [2.75, 3.05) is 33.8 Å². The number of carbonyl (C=O) groups excluding carboxylic acids is 1. The molecule has 0 saturated heterocycles. The number of rotatable bonds is 6. The predicted octanol–water partition coefficient (Wildman–Crippen LogP) is 0.0699. The molecule has 0 aromatic heterocycles. The van der Waals surface area contributed by atoms with Gasteiger partial charge in [-0.05, 0) is 6.92 Å². The maximum absolute atomic E-state index is 11.7. The highest BCUT2D eigenvalue weighted by molar-refractivity contribution is 7.51. The SMILES string of the molecule is C=CC(=O)OC(C)C/[P+]([O-])=C(\O)C[N+](C)(C)C. The van der Waals surface area contributed by atoms with E-state index in [9.17, 15) is 14.8 Å². The Bertz CT molecular complexity index is 320. The van der Waals surface area contributed by atoms with Gasteiger partial charge in [0, 0.05) is 6.08 Å². The predicted molar refractivity (Wildman–Crippen MR) is 67.4 cm³/mol. The molecule has 0 amide bonds. The highest BCUT2D eigenvalue weighted by Gasteiger charge is 2.20. The Morgan fingerprint density at radius 1 is 1.59 bits per heavy atom. The van der Waals surface area contributed by atoms with Gasteiger partial charge in [-0.15, -0.1) is 0 Å². The minimum atomic E-state index is -1.89. The molecule has 0 aliphatic carbocycles. The van der Waals surface area contributed by atoms with Gasteiger partial charge in [0.25, 0.3) is 5.48 Å². The molecule has 2 unspecified atom stereocenters. The van der Waals surface area contributed by atoms with E-state index in [1.165, 1.54) is 0 Å². The maximum Gasteiger partial charge on any atom is 0.330 e. The average Bonchev–Trinajstić information content (AvgIpc) is 2.14. The van der Waals surface area contributed by atoms with Crippen LogP contribution in [-0.2, 0) is 9.53 Å². The van der Waals surface area contributed by atoms with Gasteiger partial charge in [-0.2, -0.15) is 0 Å². The maximum atomic E-state index is 11.7. The highest BCUT2D eigenvalue weighted by atomic mass is 31.1. The van der Waals surface area contributed by atoms with Crippen molar-refractivity contribution in [2.45, 2.75) is 13.0 Å². The van der Waals surface area contributed by atoms with Gasteiger partial charge in [0.05, 0.1) is 28.9 Å². The highest BCUT2D eigenvalue weighted by Crippen LogP contribution is 2.17. The third-order valence-electron chi connectivity index (χ3n) is 1.81. The molecule has 0 aromatic rings. The fourth-order valence-corrected chi connectivity index (χ4v) is 2.46. The molecule has 0 aliphatic heterocycles. The first-order valence-electron chi connectivity index (χ1n) is 5.28. The van der Waals surface area contributed by atoms with E-state index in [0.29, 0.717) is 11.0 Å². The van der Waals surface area contributed by atoms with Gasteiger partial charge in [-0.25, -0.2) is 4.79 Å². The molecule has 0 bridgehead atoms. The summed E-state index contributed by atoms with van der Waals surface area (Å²) in [7, 11) is 3.78. The molecule has 0 saturated carbocycles. The first-order chi connectivity index (χ1) is 7.65. The molecule has 0 rings (SSSR count). The summed E-state index contributed by atoms with van der Waals surface area (Å²) in [6.07, 6.45) is 0.679. The van der Waals surface area contributed by atoms with Crippen LogP contribution in [0.25, 0.3) is 0 Å². The Morgan fingerprint density at radius 2 is 2.12 bits per heavy atom. The molecule has 5 nitrogen and oxygen atoms in total. The monoisotopic (exact) mass is 262 g/mol. The zero-order chi connectivity index (χ0) is 13.6. The molecule has 6 heteroatoms. The summed E-state index contributed by atoms with van der Waals surface area (Å²) in [5.74, 6) is -0.549. The number of hydrogen-bond donors (Lipinski definition) is 1. The number of ether oxygens (including phenoxy) is 1. The molecular formula is C11H21NO4P+. The Morgan fingerprint density at radius 3 is 2.53 bits per heavy atom. The van der Waals surface area contributed by atoms with Crippen molar-refractivity contribution in [3.05, 3.63) is 12.7 Å². The third-order valence-corrected chi connectivity index (χ3v) is 3.37. The van der Waals surface area contributed by atoms with Gasteiger partial charge in [-0.3, -0.25) is 0 Å². The zero-order valence-electron chi connectivity index (χ0n) is 10.8. The largest absolute Gasteiger partial charge is 0.628 e. The van der Waals surface area contributed by atoms with Gasteiger partial charge in [-0.1, -0.05) is 6.58 Å². The second kappa shape index (κ2) is 6.87. The summed E-state index contributed by atoms with van der Waals surface area (Å²) >= 11 is 0. The van der Waals surface area contributed by atoms with E-state index < -0.39 is 19.8 Å². The number of likely N-dealkylation sites (N-methyl/N-ethyl adjacent to an activating group) is 1. The molecule has 98 valence electrons. The van der Waals surface area contributed by atoms with Crippen LogP contribution in [0.15, 0.2) is 12.7 Å². The van der Waals surface area contributed by atoms with E-state index in [4.69, 9.17) is 4.74 Å². The van der Waals surface area contributed by atoms with Crippen LogP contribution in [-0.4, -0.2) is 61.0 Å². The van der Waals surface area contributed by atoms with Gasteiger partial charge in [0.2, 0.25) is 0 Å². The van der Waals surface area contributed by atoms with Crippen molar-refractivity contribution in [2.24, 2.45) is 0 Å². The number of aliphatic hydroxyl groups is 1. The summed E-state index contributed by atoms with van der Waals surface area (Å²) in [5, 5.41) is 9.65. The molecule has 1 N–H and O–H groups in total. The lowest BCUT2D eigenvalue weighted by Gasteiger charge is -2.22. The van der Waals surface area contributed by atoms with Crippen LogP contribution in [0.5, 0.6) is 0 Å². The summed E-state index contributed by atoms with van der Waals surface area (Å²) in [5.41, 5.74) is -0.0472. The van der Waals surface area contributed by atoms with E-state index in [1.54, 1.807) is 6.92 Å². The lowest BCUT2D eigenvalue weighted by Crippen LogP contribution is -2.40. The van der Waals surface area contributed by atoms with Gasteiger partial charge >= 0.3 is 5.97 Å². The fourth-order valence-electron chi connectivity index (χ4n) is 1.13. The first-order valence-corrected chi connectivity index (χ1v) is 6.73. The number of carbonyl (C=O) groups is 1. The molecule has 0 aliphatic rings. The lowest BCUT2D eigenvalue weighted by atomic mass is 10.5. The van der Waals surface area contributed by atoms with Gasteiger partial charge in [0.15, 0.2) is 6.54 Å². The Labute approximate surface area is 103 Å². The quantitative estimate of drug-likeness (QED) is 0.318. The van der Waals surface area contributed by atoms with Crippen molar-refractivity contribution in [1.82, 2.24) is 0 Å². The minimum Gasteiger partial charge on any atom is -0.628 e. The molecule has 0 radical (unpaired) electrons. The van der Waals surface area contributed by atoms with E-state index in [0.717, 1.165) is 6.08 Å². The van der Waals surface area contributed by atoms with Crippen LogP contribution in [0.3, 0.4) is 0 Å². The molecule has 0 spiro atoms. The van der Waals surface area contributed by atoms with E-state index in [2.05, 4.69) is 6.58 Å². The van der Waals surface area contributed by atoms with Crippen LogP contribution in [0.2, 0.25) is 0 Å². The number of aliphatic hydroxyl groups excluding tert-OH is 1. The standard InChI is InChI=1S/C11H20NO4P/c1-6-10(13)16-9(2)8-17(15)11(14)7-12(3,4)5/h6,9H,1,7-8H2,2-5H3/p+1. The van der Waals surface area contributed by atoms with Gasteiger partial charge < -0.3 is 19.2 Å². The summed E-state index contributed by atoms with van der Waals surface area (Å²) < 4.78 is 5.37. The molecule has 0 aromatic carbocycles. The Hall–Kier alpha value is -0.740. The van der Waals surface area contributed by atoms with E-state index >= 15 is 0 Å². The number of nitrogens with zero attached hydrogens (tertiary/aromatic N) is 1. The summed E-state index contributed by atoms with van der Waals surface area (Å²) in [4.78, 5) is 22.6. The van der Waals surface area contributed by atoms with Crippen molar-refractivity contribution >= 4 is 19.2 Å². The average molecular weight is 262 g/mol. The van der Waals surface area contributed by atoms with Crippen LogP contribution >= 0.6 is 7.77 Å². The van der Waals surface area contributed by atoms with Crippen LogP contribution in [0, 0.1) is 0 Å². The summed E-state index contributed by atoms with van der Waals surface area (Å²) in [6, 6.07) is 0. The third kappa shape index (κ3) is 8.05. The second-order valence-electron chi connectivity index (χ2n) is 4.88. The molecule has 17 heavy (non-hydrogen) atoms. The number of quaternary nitrogens is 1. The molecule has 0 fully saturated rings. The number of esters is 1. The smallest absolute Gasteiger partial charge is 0.330 e. The Balaban J connectivity index is 4.40. The van der Waals surface area contributed by atoms with Crippen molar-refractivity contribution < 1.29 is 24.0 Å². The zero-order valence-corrected chi connectivity index (χ0v) is 11.7. The fraction of sp³-hybridized carbons (Fsp3) is 0.636. The second-order valence-corrected chi connectivity index (χ2v) is 6.52. The van der Waals surface area contributed by atoms with Gasteiger partial charge in [0.1, 0.15) is 12.3 Å². The van der Waals surface area contributed by atoms with Crippen LogP contribution in [0.4, 0.5) is 0 Å². The molecule has 2 atom stereocenters. The molecule has 0 heterocycles. The minimum absolute atomic E-state index is 0.0472. The summed E-state index contributed by atoms with van der Waals surface area (Å²) in [6.45, 7) is 5.22. The van der Waals surface area contributed by atoms with Crippen molar-refractivity contribution in [1.29, 1.82) is 0 Å². The van der Waals surface area contributed by atoms with Crippen molar-refractivity contribution in [3.63, 3.8) is 0 Å². The van der Waals surface area contributed by atoms with Crippen LogP contribution < -0.4 is 4.89 Å². The normalized spacial score (nSPS) is 14.9.